The Labute approximate surface area is 182 Å². The first kappa shape index (κ1) is 21.2. The van der Waals surface area contributed by atoms with Crippen LogP contribution >= 0.6 is 0 Å². The zero-order valence-corrected chi connectivity index (χ0v) is 18.5. The Hall–Kier alpha value is -3.08. The zero-order valence-electron chi connectivity index (χ0n) is 18.5. The smallest absolute Gasteiger partial charge is 0.419 e. The molecule has 4 rings (SSSR count). The van der Waals surface area contributed by atoms with Gasteiger partial charge >= 0.3 is 6.09 Å². The lowest BCUT2D eigenvalue weighted by Crippen LogP contribution is -2.26. The normalized spacial score (nSPS) is 13.9. The van der Waals surface area contributed by atoms with Gasteiger partial charge in [0.15, 0.2) is 0 Å². The standard InChI is InChI=1S/C26H28FNO3/c1-5-7-20-9-6-8-18-14-17(10-13-24(18)30-20)22-16-28(25(29)31-26(2,3)4)23-15-19(27)11-12-21(22)23/h9-16H,5-8H2,1-4H3. The summed E-state index contributed by atoms with van der Waals surface area (Å²) in [6.45, 7) is 7.57. The Morgan fingerprint density at radius 1 is 1.19 bits per heavy atom. The van der Waals surface area contributed by atoms with Crippen molar-refractivity contribution in [2.75, 3.05) is 0 Å². The number of nitrogens with zero attached hydrogens (tertiary/aromatic N) is 1. The molecule has 1 aromatic heterocycles. The van der Waals surface area contributed by atoms with Crippen LogP contribution < -0.4 is 4.74 Å². The molecule has 2 aromatic carbocycles. The maximum atomic E-state index is 14.0. The summed E-state index contributed by atoms with van der Waals surface area (Å²) in [6, 6.07) is 10.6. The molecule has 0 fully saturated rings. The Kier molecular flexibility index (Phi) is 5.61. The molecular formula is C26H28FNO3. The number of carbonyl (C=O) groups is 1. The Balaban J connectivity index is 1.77. The van der Waals surface area contributed by atoms with E-state index in [0.29, 0.717) is 5.52 Å². The van der Waals surface area contributed by atoms with Gasteiger partial charge in [-0.25, -0.2) is 9.18 Å². The van der Waals surface area contributed by atoms with Crippen LogP contribution in [0.1, 0.15) is 52.5 Å². The van der Waals surface area contributed by atoms with Crippen LogP contribution in [-0.4, -0.2) is 16.3 Å². The molecule has 1 aliphatic rings. The SMILES string of the molecule is CCCC1=CCCc2cc(-c3cn(C(=O)OC(C)(C)C)c4cc(F)ccc34)ccc2O1. The number of ether oxygens (including phenoxy) is 2. The van der Waals surface area contributed by atoms with Gasteiger partial charge in [0, 0.05) is 23.6 Å². The van der Waals surface area contributed by atoms with E-state index in [4.69, 9.17) is 9.47 Å². The van der Waals surface area contributed by atoms with E-state index in [1.807, 2.05) is 32.9 Å². The van der Waals surface area contributed by atoms with Gasteiger partial charge in [0.1, 0.15) is 22.9 Å². The summed E-state index contributed by atoms with van der Waals surface area (Å²) in [4.78, 5) is 12.8. The highest BCUT2D eigenvalue weighted by atomic mass is 19.1. The fourth-order valence-electron chi connectivity index (χ4n) is 3.91. The quantitative estimate of drug-likeness (QED) is 0.447. The molecule has 3 aromatic rings. The number of aromatic nitrogens is 1. The molecule has 5 heteroatoms. The second-order valence-electron chi connectivity index (χ2n) is 8.94. The molecule has 31 heavy (non-hydrogen) atoms. The number of hydrogen-bond donors (Lipinski definition) is 0. The third-order valence-electron chi connectivity index (χ3n) is 5.25. The van der Waals surface area contributed by atoms with E-state index in [9.17, 15) is 9.18 Å². The lowest BCUT2D eigenvalue weighted by molar-refractivity contribution is 0.0544. The first-order chi connectivity index (χ1) is 14.7. The van der Waals surface area contributed by atoms with E-state index in [-0.39, 0.29) is 0 Å². The predicted octanol–water partition coefficient (Wildman–Crippen LogP) is 7.24. The first-order valence-electron chi connectivity index (χ1n) is 10.8. The molecule has 0 saturated heterocycles. The molecule has 0 bridgehead atoms. The van der Waals surface area contributed by atoms with E-state index < -0.39 is 17.5 Å². The van der Waals surface area contributed by atoms with Crippen LogP contribution in [0, 0.1) is 5.82 Å². The topological polar surface area (TPSA) is 40.5 Å². The van der Waals surface area contributed by atoms with Gasteiger partial charge in [-0.15, -0.1) is 0 Å². The van der Waals surface area contributed by atoms with E-state index in [0.717, 1.165) is 59.3 Å². The maximum absolute atomic E-state index is 14.0. The molecule has 0 aliphatic carbocycles. The monoisotopic (exact) mass is 421 g/mol. The minimum Gasteiger partial charge on any atom is -0.462 e. The van der Waals surface area contributed by atoms with Gasteiger partial charge in [-0.1, -0.05) is 13.0 Å². The summed E-state index contributed by atoms with van der Waals surface area (Å²) in [6.07, 6.45) is 7.15. The molecule has 0 amide bonds. The van der Waals surface area contributed by atoms with Crippen LogP contribution in [0.5, 0.6) is 5.75 Å². The third kappa shape index (κ3) is 4.50. The second-order valence-corrected chi connectivity index (χ2v) is 8.94. The number of benzene rings is 2. The van der Waals surface area contributed by atoms with Crippen molar-refractivity contribution in [1.82, 2.24) is 4.57 Å². The van der Waals surface area contributed by atoms with Crippen LogP contribution in [0.15, 0.2) is 54.4 Å². The van der Waals surface area contributed by atoms with Gasteiger partial charge in [0.2, 0.25) is 0 Å². The fraction of sp³-hybridized carbons (Fsp3) is 0.346. The maximum Gasteiger partial charge on any atom is 0.419 e. The molecule has 4 nitrogen and oxygen atoms in total. The van der Waals surface area contributed by atoms with Gasteiger partial charge < -0.3 is 9.47 Å². The third-order valence-corrected chi connectivity index (χ3v) is 5.25. The van der Waals surface area contributed by atoms with Gasteiger partial charge in [-0.2, -0.15) is 0 Å². The summed E-state index contributed by atoms with van der Waals surface area (Å²) in [7, 11) is 0. The number of hydrogen-bond acceptors (Lipinski definition) is 3. The van der Waals surface area contributed by atoms with E-state index in [2.05, 4.69) is 19.1 Å². The minimum absolute atomic E-state index is 0.396. The van der Waals surface area contributed by atoms with Crippen molar-refractivity contribution in [3.05, 3.63) is 65.8 Å². The highest BCUT2D eigenvalue weighted by Crippen LogP contribution is 2.36. The largest absolute Gasteiger partial charge is 0.462 e. The van der Waals surface area contributed by atoms with Crippen LogP contribution in [0.4, 0.5) is 9.18 Å². The summed E-state index contributed by atoms with van der Waals surface area (Å²) in [5, 5.41) is 0.798. The Morgan fingerprint density at radius 3 is 2.74 bits per heavy atom. The lowest BCUT2D eigenvalue weighted by Gasteiger charge is -2.19. The van der Waals surface area contributed by atoms with Gasteiger partial charge in [-0.05, 0) is 87.6 Å². The molecule has 1 aliphatic heterocycles. The minimum atomic E-state index is -0.647. The number of carbonyl (C=O) groups excluding carboxylic acids is 1. The highest BCUT2D eigenvalue weighted by molar-refractivity contribution is 6.00. The van der Waals surface area contributed by atoms with Crippen molar-refractivity contribution < 1.29 is 18.7 Å². The van der Waals surface area contributed by atoms with Gasteiger partial charge in [0.25, 0.3) is 0 Å². The number of fused-ring (bicyclic) bond motifs is 2. The van der Waals surface area contributed by atoms with Crippen LogP contribution in [0.25, 0.3) is 22.0 Å². The van der Waals surface area contributed by atoms with Crippen molar-refractivity contribution >= 4 is 17.0 Å². The van der Waals surface area contributed by atoms with Crippen molar-refractivity contribution in [1.29, 1.82) is 0 Å². The predicted molar refractivity (Wildman–Crippen MR) is 121 cm³/mol. The van der Waals surface area contributed by atoms with E-state index in [1.165, 1.54) is 16.7 Å². The summed E-state index contributed by atoms with van der Waals surface area (Å²) >= 11 is 0. The number of aryl methyl sites for hydroxylation is 1. The lowest BCUT2D eigenvalue weighted by atomic mass is 10.00. The summed E-state index contributed by atoms with van der Waals surface area (Å²) in [5.41, 5.74) is 2.78. The van der Waals surface area contributed by atoms with Crippen molar-refractivity contribution in [2.24, 2.45) is 0 Å². The average Bonchev–Trinajstić information content (AvgIpc) is 2.94. The number of halogens is 1. The summed E-state index contributed by atoms with van der Waals surface area (Å²) in [5.74, 6) is 1.50. The van der Waals surface area contributed by atoms with Crippen molar-refractivity contribution in [2.45, 2.75) is 59.0 Å². The van der Waals surface area contributed by atoms with Crippen LogP contribution in [-0.2, 0) is 11.2 Å². The van der Waals surface area contributed by atoms with E-state index in [1.54, 1.807) is 12.3 Å². The fourth-order valence-corrected chi connectivity index (χ4v) is 3.91. The molecule has 0 atom stereocenters. The Morgan fingerprint density at radius 2 is 2.00 bits per heavy atom. The van der Waals surface area contributed by atoms with Crippen molar-refractivity contribution in [3.63, 3.8) is 0 Å². The van der Waals surface area contributed by atoms with Gasteiger partial charge in [-0.3, -0.25) is 4.57 Å². The second kappa shape index (κ2) is 8.22. The molecule has 2 heterocycles. The Bertz CT molecular complexity index is 1170. The molecule has 0 N–H and O–H groups in total. The molecular weight excluding hydrogens is 393 g/mol. The number of allylic oxidation sites excluding steroid dienone is 2. The van der Waals surface area contributed by atoms with Crippen LogP contribution in [0.3, 0.4) is 0 Å². The molecule has 0 saturated carbocycles. The zero-order chi connectivity index (χ0) is 22.2. The molecule has 0 spiro atoms. The average molecular weight is 422 g/mol. The van der Waals surface area contributed by atoms with Crippen LogP contribution in [0.2, 0.25) is 0 Å². The molecule has 0 unspecified atom stereocenters. The highest BCUT2D eigenvalue weighted by Gasteiger charge is 2.22. The summed E-state index contributed by atoms with van der Waals surface area (Å²) < 4.78 is 27.1. The molecule has 162 valence electrons. The number of rotatable bonds is 3. The van der Waals surface area contributed by atoms with E-state index >= 15 is 0 Å². The van der Waals surface area contributed by atoms with Crippen molar-refractivity contribution in [3.8, 4) is 16.9 Å². The van der Waals surface area contributed by atoms with Gasteiger partial charge in [0.05, 0.1) is 5.52 Å². The molecule has 0 radical (unpaired) electrons. The first-order valence-corrected chi connectivity index (χ1v) is 10.8.